The van der Waals surface area contributed by atoms with Crippen molar-refractivity contribution in [2.24, 2.45) is 0 Å². The number of rotatable bonds is 5. The predicted molar refractivity (Wildman–Crippen MR) is 97.9 cm³/mol. The van der Waals surface area contributed by atoms with E-state index >= 15 is 0 Å². The van der Waals surface area contributed by atoms with Gasteiger partial charge in [-0.25, -0.2) is 4.79 Å². The summed E-state index contributed by atoms with van der Waals surface area (Å²) >= 11 is 6.05. The third kappa shape index (κ3) is 5.35. The summed E-state index contributed by atoms with van der Waals surface area (Å²) in [6.45, 7) is 4.87. The van der Waals surface area contributed by atoms with Gasteiger partial charge in [0.1, 0.15) is 17.8 Å². The molecule has 2 aromatic rings. The van der Waals surface area contributed by atoms with Gasteiger partial charge in [0.25, 0.3) is 5.91 Å². The van der Waals surface area contributed by atoms with Crippen LogP contribution in [0.15, 0.2) is 42.6 Å². The van der Waals surface area contributed by atoms with Crippen LogP contribution in [0.4, 0.5) is 4.79 Å². The molecule has 1 aromatic carbocycles. The molecule has 0 bridgehead atoms. The van der Waals surface area contributed by atoms with Crippen LogP contribution in [-0.2, 0) is 9.53 Å². The first-order chi connectivity index (χ1) is 12.2. The van der Waals surface area contributed by atoms with Crippen molar-refractivity contribution >= 4 is 29.4 Å². The molecule has 0 atom stereocenters. The van der Waals surface area contributed by atoms with Gasteiger partial charge in [-0.1, -0.05) is 23.7 Å². The highest BCUT2D eigenvalue weighted by molar-refractivity contribution is 6.34. The molecule has 0 fully saturated rings. The number of amides is 2. The van der Waals surface area contributed by atoms with Gasteiger partial charge in [0.15, 0.2) is 0 Å². The Morgan fingerprint density at radius 2 is 1.81 bits per heavy atom. The van der Waals surface area contributed by atoms with Gasteiger partial charge in [0.2, 0.25) is 5.78 Å². The summed E-state index contributed by atoms with van der Waals surface area (Å²) in [5, 5.41) is 2.67. The summed E-state index contributed by atoms with van der Waals surface area (Å²) in [5.41, 5.74) is 2.43. The molecule has 7 nitrogen and oxygen atoms in total. The molecule has 0 aliphatic carbocycles. The van der Waals surface area contributed by atoms with Crippen molar-refractivity contribution in [3.05, 3.63) is 58.9 Å². The molecule has 0 spiro atoms. The molecule has 1 heterocycles. The van der Waals surface area contributed by atoms with Gasteiger partial charge in [-0.05, 0) is 45.0 Å². The fourth-order valence-electron chi connectivity index (χ4n) is 2.09. The summed E-state index contributed by atoms with van der Waals surface area (Å²) < 4.78 is 6.33. The van der Waals surface area contributed by atoms with E-state index in [0.717, 1.165) is 0 Å². The molecule has 2 rings (SSSR count). The van der Waals surface area contributed by atoms with Crippen LogP contribution < -0.4 is 10.7 Å². The molecule has 1 aromatic heterocycles. The molecule has 138 valence electrons. The molecule has 2 N–H and O–H groups in total. The van der Waals surface area contributed by atoms with E-state index in [9.17, 15) is 14.4 Å². The lowest BCUT2D eigenvalue weighted by Crippen LogP contribution is -2.39. The van der Waals surface area contributed by atoms with Gasteiger partial charge in [-0.3, -0.25) is 19.7 Å². The van der Waals surface area contributed by atoms with Crippen LogP contribution in [0, 0.1) is 0 Å². The first kappa shape index (κ1) is 19.5. The summed E-state index contributed by atoms with van der Waals surface area (Å²) in [6.07, 6.45) is 0.822. The third-order valence-electron chi connectivity index (χ3n) is 3.14. The second kappa shape index (κ2) is 8.05. The highest BCUT2D eigenvalue weighted by Gasteiger charge is 2.19. The van der Waals surface area contributed by atoms with Crippen molar-refractivity contribution in [2.45, 2.75) is 26.4 Å². The second-order valence-corrected chi connectivity index (χ2v) is 6.87. The molecule has 0 aliphatic heterocycles. The maximum absolute atomic E-state index is 12.6. The van der Waals surface area contributed by atoms with Crippen LogP contribution in [0.3, 0.4) is 0 Å². The van der Waals surface area contributed by atoms with Crippen molar-refractivity contribution in [3.63, 3.8) is 0 Å². The minimum Gasteiger partial charge on any atom is -0.444 e. The van der Waals surface area contributed by atoms with E-state index in [4.69, 9.17) is 16.3 Å². The van der Waals surface area contributed by atoms with Gasteiger partial charge in [0.05, 0.1) is 5.02 Å². The smallest absolute Gasteiger partial charge is 0.408 e. The van der Waals surface area contributed by atoms with Crippen molar-refractivity contribution in [3.8, 4) is 0 Å². The minimum absolute atomic E-state index is 0.240. The Bertz CT molecular complexity index is 824. The number of hydrogen-bond donors (Lipinski definition) is 2. The van der Waals surface area contributed by atoms with Gasteiger partial charge in [-0.2, -0.15) is 0 Å². The van der Waals surface area contributed by atoms with E-state index in [1.807, 2.05) is 0 Å². The summed E-state index contributed by atoms with van der Waals surface area (Å²) in [7, 11) is 0. The lowest BCUT2D eigenvalue weighted by Gasteiger charge is -2.19. The number of nitrogens with zero attached hydrogens (tertiary/aromatic N) is 1. The van der Waals surface area contributed by atoms with Gasteiger partial charge >= 0.3 is 6.09 Å². The van der Waals surface area contributed by atoms with E-state index < -0.39 is 17.6 Å². The van der Waals surface area contributed by atoms with Gasteiger partial charge in [0, 0.05) is 11.8 Å². The highest BCUT2D eigenvalue weighted by Crippen LogP contribution is 2.19. The van der Waals surface area contributed by atoms with Crippen LogP contribution in [0.25, 0.3) is 0 Å². The molecule has 2 amide bonds. The minimum atomic E-state index is -0.701. The monoisotopic (exact) mass is 377 g/mol. The average molecular weight is 378 g/mol. The maximum atomic E-state index is 12.6. The van der Waals surface area contributed by atoms with Crippen LogP contribution in [0.1, 0.15) is 36.8 Å². The fraction of sp³-hybridized carbons (Fsp3) is 0.278. The van der Waals surface area contributed by atoms with Crippen molar-refractivity contribution in [1.82, 2.24) is 9.99 Å². The Morgan fingerprint density at radius 1 is 1.12 bits per heavy atom. The lowest BCUT2D eigenvalue weighted by molar-refractivity contribution is -0.116. The quantitative estimate of drug-likeness (QED) is 0.784. The number of carbonyl (C=O) groups is 3. The van der Waals surface area contributed by atoms with Crippen molar-refractivity contribution < 1.29 is 19.1 Å². The number of hydrogen-bond acceptors (Lipinski definition) is 4. The first-order valence-corrected chi connectivity index (χ1v) is 8.28. The fourth-order valence-corrected chi connectivity index (χ4v) is 2.31. The SMILES string of the molecule is CC(C)(C)OC(=O)NCC(=O)Nn1cccc1C(=O)c1ccccc1Cl. The molecule has 0 saturated heterocycles. The van der Waals surface area contributed by atoms with Crippen LogP contribution in [0.5, 0.6) is 0 Å². The van der Waals surface area contributed by atoms with E-state index in [1.54, 1.807) is 57.2 Å². The molecule has 0 saturated carbocycles. The number of halogens is 1. The maximum Gasteiger partial charge on any atom is 0.408 e. The lowest BCUT2D eigenvalue weighted by atomic mass is 10.1. The number of nitrogens with one attached hydrogen (secondary N) is 2. The Kier molecular flexibility index (Phi) is 6.05. The molecular formula is C18H20ClN3O4. The summed E-state index contributed by atoms with van der Waals surface area (Å²) in [6, 6.07) is 9.83. The second-order valence-electron chi connectivity index (χ2n) is 6.46. The van der Waals surface area contributed by atoms with E-state index in [1.165, 1.54) is 10.9 Å². The topological polar surface area (TPSA) is 89.4 Å². The highest BCUT2D eigenvalue weighted by atomic mass is 35.5. The third-order valence-corrected chi connectivity index (χ3v) is 3.47. The standard InChI is InChI=1S/C18H20ClN3O4/c1-18(2,3)26-17(25)20-11-15(23)21-22-10-6-9-14(22)16(24)12-7-4-5-8-13(12)19/h4-10H,11H2,1-3H3,(H,20,25)(H,21,23). The van der Waals surface area contributed by atoms with E-state index in [0.29, 0.717) is 10.6 Å². The normalized spacial score (nSPS) is 10.9. The molecule has 0 unspecified atom stereocenters. The van der Waals surface area contributed by atoms with E-state index in [2.05, 4.69) is 10.7 Å². The number of aromatic nitrogens is 1. The number of ketones is 1. The van der Waals surface area contributed by atoms with Crippen LogP contribution in [0.2, 0.25) is 5.02 Å². The number of benzene rings is 1. The Morgan fingerprint density at radius 3 is 2.46 bits per heavy atom. The van der Waals surface area contributed by atoms with Crippen LogP contribution >= 0.6 is 11.6 Å². The Labute approximate surface area is 156 Å². The van der Waals surface area contributed by atoms with Crippen molar-refractivity contribution in [2.75, 3.05) is 12.0 Å². The average Bonchev–Trinajstić information content (AvgIpc) is 2.99. The Balaban J connectivity index is 2.00. The van der Waals surface area contributed by atoms with Crippen molar-refractivity contribution in [1.29, 1.82) is 0 Å². The number of alkyl carbamates (subject to hydrolysis) is 1. The molecule has 0 radical (unpaired) electrons. The molecular weight excluding hydrogens is 358 g/mol. The zero-order chi connectivity index (χ0) is 19.3. The van der Waals surface area contributed by atoms with E-state index in [-0.39, 0.29) is 18.0 Å². The number of carbonyl (C=O) groups excluding carboxylic acids is 3. The molecule has 8 heteroatoms. The predicted octanol–water partition coefficient (Wildman–Crippen LogP) is 2.97. The first-order valence-electron chi connectivity index (χ1n) is 7.90. The molecule has 0 aliphatic rings. The molecule has 26 heavy (non-hydrogen) atoms. The summed E-state index contributed by atoms with van der Waals surface area (Å²) in [4.78, 5) is 36.2. The zero-order valence-corrected chi connectivity index (χ0v) is 15.5. The van der Waals surface area contributed by atoms with Crippen LogP contribution in [-0.4, -0.2) is 34.6 Å². The van der Waals surface area contributed by atoms with Gasteiger partial charge < -0.3 is 10.1 Å². The number of ether oxygens (including phenoxy) is 1. The largest absolute Gasteiger partial charge is 0.444 e. The van der Waals surface area contributed by atoms with Gasteiger partial charge in [-0.15, -0.1) is 0 Å². The summed E-state index contributed by atoms with van der Waals surface area (Å²) in [5.74, 6) is -0.846. The zero-order valence-electron chi connectivity index (χ0n) is 14.7. The Hall–Kier alpha value is -2.80.